The van der Waals surface area contributed by atoms with Crippen LogP contribution in [-0.4, -0.2) is 39.0 Å². The number of imidazole rings is 1. The molecular formula is C23H22BrN5O4S. The molecule has 176 valence electrons. The minimum Gasteiger partial charge on any atom is -0.444 e. The Kier molecular flexibility index (Phi) is 6.17. The summed E-state index contributed by atoms with van der Waals surface area (Å²) < 4.78 is 34.3. The number of carbonyl (C=O) groups is 1. The van der Waals surface area contributed by atoms with Gasteiger partial charge >= 0.3 is 6.09 Å². The summed E-state index contributed by atoms with van der Waals surface area (Å²) in [5.74, 6) is 0.00902. The van der Waals surface area contributed by atoms with E-state index >= 15 is 0 Å². The molecule has 2 aromatic heterocycles. The molecule has 0 radical (unpaired) electrons. The summed E-state index contributed by atoms with van der Waals surface area (Å²) in [4.78, 5) is 25.7. The lowest BCUT2D eigenvalue weighted by Crippen LogP contribution is -2.28. The molecule has 0 aliphatic carbocycles. The topological polar surface area (TPSA) is 116 Å². The lowest BCUT2D eigenvalue weighted by molar-refractivity contribution is 0.0635. The van der Waals surface area contributed by atoms with Crippen LogP contribution in [-0.2, 0) is 14.8 Å². The summed E-state index contributed by atoms with van der Waals surface area (Å²) in [5.41, 5.74) is 1.05. The number of aromatic nitrogens is 4. The molecule has 11 heteroatoms. The zero-order valence-electron chi connectivity index (χ0n) is 18.9. The molecule has 0 aliphatic heterocycles. The molecule has 0 atom stereocenters. The van der Waals surface area contributed by atoms with E-state index < -0.39 is 21.7 Å². The number of anilines is 1. The highest BCUT2D eigenvalue weighted by Gasteiger charge is 2.28. The van der Waals surface area contributed by atoms with Gasteiger partial charge in [0, 0.05) is 0 Å². The van der Waals surface area contributed by atoms with Crippen LogP contribution in [0.4, 0.5) is 10.6 Å². The van der Waals surface area contributed by atoms with Crippen molar-refractivity contribution in [2.75, 3.05) is 5.32 Å². The van der Waals surface area contributed by atoms with Crippen molar-refractivity contribution in [1.82, 2.24) is 18.9 Å². The fourth-order valence-electron chi connectivity index (χ4n) is 3.23. The quantitative estimate of drug-likeness (QED) is 0.378. The molecule has 0 fully saturated rings. The van der Waals surface area contributed by atoms with E-state index in [0.717, 1.165) is 9.54 Å². The Morgan fingerprint density at radius 1 is 1.06 bits per heavy atom. The SMILES string of the molecule is Cc1ccc(S(=O)(=O)n2c(-c3nc(Br)cnc3NC(=O)OC(C)(C)C)nc3ccccc32)cc1. The zero-order chi connectivity index (χ0) is 24.7. The van der Waals surface area contributed by atoms with Gasteiger partial charge in [-0.3, -0.25) is 5.32 Å². The van der Waals surface area contributed by atoms with Crippen LogP contribution in [0.3, 0.4) is 0 Å². The van der Waals surface area contributed by atoms with Crippen molar-refractivity contribution in [3.05, 3.63) is 64.9 Å². The molecule has 1 N–H and O–H groups in total. The molecule has 4 aromatic rings. The molecule has 0 bridgehead atoms. The van der Waals surface area contributed by atoms with E-state index in [1.54, 1.807) is 57.2 Å². The van der Waals surface area contributed by atoms with E-state index in [1.807, 2.05) is 6.92 Å². The van der Waals surface area contributed by atoms with Gasteiger partial charge in [0.1, 0.15) is 10.2 Å². The van der Waals surface area contributed by atoms with Gasteiger partial charge in [-0.1, -0.05) is 29.8 Å². The van der Waals surface area contributed by atoms with E-state index in [-0.39, 0.29) is 22.2 Å². The number of hydrogen-bond acceptors (Lipinski definition) is 7. The molecule has 0 aliphatic rings. The van der Waals surface area contributed by atoms with Crippen molar-refractivity contribution in [1.29, 1.82) is 0 Å². The molecule has 1 amide bonds. The molecule has 0 spiro atoms. The van der Waals surface area contributed by atoms with E-state index in [1.165, 1.54) is 18.3 Å². The van der Waals surface area contributed by atoms with Gasteiger partial charge < -0.3 is 4.74 Å². The predicted molar refractivity (Wildman–Crippen MR) is 132 cm³/mol. The summed E-state index contributed by atoms with van der Waals surface area (Å²) in [5, 5.41) is 2.56. The Balaban J connectivity index is 1.94. The van der Waals surface area contributed by atoms with Crippen molar-refractivity contribution >= 4 is 48.9 Å². The summed E-state index contributed by atoms with van der Waals surface area (Å²) in [6, 6.07) is 13.4. The lowest BCUT2D eigenvalue weighted by atomic mass is 10.2. The molecule has 0 saturated carbocycles. The molecular weight excluding hydrogens is 522 g/mol. The van der Waals surface area contributed by atoms with Gasteiger partial charge in [0.25, 0.3) is 10.0 Å². The van der Waals surface area contributed by atoms with Crippen LogP contribution in [0, 0.1) is 6.92 Å². The lowest BCUT2D eigenvalue weighted by Gasteiger charge is -2.20. The van der Waals surface area contributed by atoms with Crippen LogP contribution < -0.4 is 5.32 Å². The number of fused-ring (bicyclic) bond motifs is 1. The second-order valence-corrected chi connectivity index (χ2v) is 11.1. The maximum atomic E-state index is 13.8. The Morgan fingerprint density at radius 3 is 2.41 bits per heavy atom. The Labute approximate surface area is 205 Å². The van der Waals surface area contributed by atoms with Gasteiger partial charge in [0.15, 0.2) is 17.3 Å². The molecule has 2 aromatic carbocycles. The second-order valence-electron chi connectivity index (χ2n) is 8.52. The number of benzene rings is 2. The van der Waals surface area contributed by atoms with Crippen molar-refractivity contribution in [2.45, 2.75) is 38.2 Å². The summed E-state index contributed by atoms with van der Waals surface area (Å²) in [6.07, 6.45) is 0.631. The first-order valence-corrected chi connectivity index (χ1v) is 12.5. The van der Waals surface area contributed by atoms with E-state index in [0.29, 0.717) is 15.6 Å². The Morgan fingerprint density at radius 2 is 1.74 bits per heavy atom. The van der Waals surface area contributed by atoms with Crippen molar-refractivity contribution < 1.29 is 17.9 Å². The van der Waals surface area contributed by atoms with Gasteiger partial charge in [-0.25, -0.2) is 32.1 Å². The highest BCUT2D eigenvalue weighted by molar-refractivity contribution is 9.10. The standard InChI is InChI=1S/C23H22BrN5O4S/c1-14-9-11-15(12-10-14)34(31,32)29-17-8-6-5-7-16(17)26-21(29)19-20(25-13-18(24)27-19)28-22(30)33-23(2,3)4/h5-13H,1-4H3,(H,25,28,30). The number of carbonyl (C=O) groups excluding carboxylic acids is 1. The third-order valence-corrected chi connectivity index (χ3v) is 6.75. The largest absolute Gasteiger partial charge is 0.444 e. The van der Waals surface area contributed by atoms with Crippen LogP contribution in [0.2, 0.25) is 0 Å². The molecule has 34 heavy (non-hydrogen) atoms. The first kappa shape index (κ1) is 23.8. The molecule has 2 heterocycles. The van der Waals surface area contributed by atoms with Gasteiger partial charge in [0.05, 0.1) is 22.1 Å². The van der Waals surface area contributed by atoms with E-state index in [2.05, 4.69) is 36.2 Å². The molecule has 9 nitrogen and oxygen atoms in total. The number of nitrogens with one attached hydrogen (secondary N) is 1. The Bertz CT molecular complexity index is 1490. The van der Waals surface area contributed by atoms with Crippen LogP contribution in [0.5, 0.6) is 0 Å². The maximum Gasteiger partial charge on any atom is 0.413 e. The fourth-order valence-corrected chi connectivity index (χ4v) is 4.97. The first-order valence-electron chi connectivity index (χ1n) is 10.3. The first-order chi connectivity index (χ1) is 16.0. The highest BCUT2D eigenvalue weighted by atomic mass is 79.9. The second kappa shape index (κ2) is 8.80. The normalized spacial score (nSPS) is 12.0. The fraction of sp³-hybridized carbons (Fsp3) is 0.217. The van der Waals surface area contributed by atoms with Crippen molar-refractivity contribution in [2.24, 2.45) is 0 Å². The predicted octanol–water partition coefficient (Wildman–Crippen LogP) is 5.15. The highest BCUT2D eigenvalue weighted by Crippen LogP contribution is 2.32. The number of ether oxygens (including phenoxy) is 1. The number of rotatable bonds is 4. The minimum absolute atomic E-state index is 0.00151. The van der Waals surface area contributed by atoms with Crippen molar-refractivity contribution in [3.63, 3.8) is 0 Å². The van der Waals surface area contributed by atoms with Gasteiger partial charge in [-0.05, 0) is 67.9 Å². The number of halogens is 1. The van der Waals surface area contributed by atoms with Gasteiger partial charge in [-0.2, -0.15) is 0 Å². The number of nitrogens with zero attached hydrogens (tertiary/aromatic N) is 4. The molecule has 0 unspecified atom stereocenters. The maximum absolute atomic E-state index is 13.8. The summed E-state index contributed by atoms with van der Waals surface area (Å²) in [7, 11) is -4.08. The summed E-state index contributed by atoms with van der Waals surface area (Å²) >= 11 is 3.28. The average molecular weight is 544 g/mol. The zero-order valence-corrected chi connectivity index (χ0v) is 21.3. The third kappa shape index (κ3) is 4.80. The van der Waals surface area contributed by atoms with Crippen LogP contribution >= 0.6 is 15.9 Å². The number of hydrogen-bond donors (Lipinski definition) is 1. The van der Waals surface area contributed by atoms with Gasteiger partial charge in [0.2, 0.25) is 0 Å². The number of aryl methyl sites for hydroxylation is 1. The number of para-hydroxylation sites is 2. The summed E-state index contributed by atoms with van der Waals surface area (Å²) in [6.45, 7) is 7.07. The van der Waals surface area contributed by atoms with E-state index in [4.69, 9.17) is 4.74 Å². The number of amides is 1. The average Bonchev–Trinajstić information content (AvgIpc) is 3.14. The van der Waals surface area contributed by atoms with Crippen LogP contribution in [0.25, 0.3) is 22.6 Å². The molecule has 0 saturated heterocycles. The van der Waals surface area contributed by atoms with Gasteiger partial charge in [-0.15, -0.1) is 0 Å². The minimum atomic E-state index is -4.08. The van der Waals surface area contributed by atoms with Crippen LogP contribution in [0.15, 0.2) is 64.2 Å². The van der Waals surface area contributed by atoms with Crippen LogP contribution in [0.1, 0.15) is 26.3 Å². The molecule has 4 rings (SSSR count). The van der Waals surface area contributed by atoms with Crippen molar-refractivity contribution in [3.8, 4) is 11.5 Å². The van der Waals surface area contributed by atoms with E-state index in [9.17, 15) is 13.2 Å². The third-order valence-electron chi connectivity index (χ3n) is 4.65. The smallest absolute Gasteiger partial charge is 0.413 e. The Hall–Kier alpha value is -3.31. The monoisotopic (exact) mass is 543 g/mol.